The molecule has 26 heteroatoms. The number of aliphatic hydroxyl groups excluding tert-OH is 1. The van der Waals surface area contributed by atoms with Gasteiger partial charge in [-0.2, -0.15) is 31.4 Å². The molecule has 3 saturated heterocycles. The minimum absolute atomic E-state index is 0.00358. The van der Waals surface area contributed by atoms with Crippen molar-refractivity contribution in [3.63, 3.8) is 0 Å². The zero-order valence-electron chi connectivity index (χ0n) is 42.6. The summed E-state index contributed by atoms with van der Waals surface area (Å²) in [7, 11) is 0.846. The Hall–Kier alpha value is -6.64. The molecule has 0 spiro atoms. The molecule has 3 aliphatic heterocycles. The van der Waals surface area contributed by atoms with Crippen molar-refractivity contribution in [3.05, 3.63) is 89.8 Å². The lowest BCUT2D eigenvalue weighted by atomic mass is 9.82. The Morgan fingerprint density at radius 3 is 1.94 bits per heavy atom. The van der Waals surface area contributed by atoms with Gasteiger partial charge in [-0.25, -0.2) is 28.4 Å². The number of carboxylic acid groups (broad SMARTS) is 1. The van der Waals surface area contributed by atoms with Gasteiger partial charge >= 0.3 is 24.5 Å². The number of nitrogens with one attached hydrogen (secondary N) is 4. The normalized spacial score (nSPS) is 19.8. The number of piperazine rings is 1. The highest BCUT2D eigenvalue weighted by atomic mass is 19.4. The van der Waals surface area contributed by atoms with E-state index in [0.717, 1.165) is 70.6 Å². The zero-order chi connectivity index (χ0) is 55.9. The van der Waals surface area contributed by atoms with E-state index in [4.69, 9.17) is 9.72 Å². The summed E-state index contributed by atoms with van der Waals surface area (Å²) in [5.74, 6) is -4.85. The van der Waals surface area contributed by atoms with Crippen LogP contribution in [0.15, 0.2) is 67.0 Å². The number of hydrogen-bond acceptors (Lipinski definition) is 12. The van der Waals surface area contributed by atoms with Gasteiger partial charge in [0.2, 0.25) is 5.91 Å². The molecular weight excluding hydrogens is 1030 g/mol. The summed E-state index contributed by atoms with van der Waals surface area (Å²) in [6.07, 6.45) is -10.3. The maximum absolute atomic E-state index is 16.1. The molecule has 6 N–H and O–H groups in total. The molecule has 4 unspecified atom stereocenters. The number of rotatable bonds is 20. The number of anilines is 1. The molecule has 2 bridgehead atoms. The lowest BCUT2D eigenvalue weighted by Crippen LogP contribution is -2.63. The molecule has 4 fully saturated rings. The van der Waals surface area contributed by atoms with E-state index in [1.54, 1.807) is 41.3 Å². The number of likely N-dealkylation sites (tertiary alicyclic amines) is 1. The number of methoxy groups -OCH3 is 1. The van der Waals surface area contributed by atoms with Gasteiger partial charge in [0.25, 0.3) is 5.91 Å². The highest BCUT2D eigenvalue weighted by Crippen LogP contribution is 2.43. The van der Waals surface area contributed by atoms with Crippen LogP contribution in [0.25, 0.3) is 22.4 Å². The number of nitrogens with zero attached hydrogens (tertiary/aromatic N) is 6. The number of carbonyl (C=O) groups is 4. The molecule has 8 rings (SSSR count). The van der Waals surface area contributed by atoms with Gasteiger partial charge in [0.05, 0.1) is 61.1 Å². The van der Waals surface area contributed by atoms with Gasteiger partial charge in [0, 0.05) is 67.3 Å². The molecule has 1 saturated carbocycles. The van der Waals surface area contributed by atoms with Gasteiger partial charge in [-0.05, 0) is 94.8 Å². The van der Waals surface area contributed by atoms with Gasteiger partial charge in [-0.1, -0.05) is 24.3 Å². The highest BCUT2D eigenvalue weighted by molar-refractivity contribution is 5.87. The molecule has 4 amide bonds. The molecule has 18 nitrogen and oxygen atoms in total. The quantitative estimate of drug-likeness (QED) is 0.0421. The largest absolute Gasteiger partial charge is 0.465 e. The van der Waals surface area contributed by atoms with Crippen LogP contribution in [0.3, 0.4) is 0 Å². The monoisotopic (exact) mass is 1090 g/mol. The number of aliphatic hydroxyl groups is 1. The highest BCUT2D eigenvalue weighted by Gasteiger charge is 2.57. The Morgan fingerprint density at radius 1 is 0.792 bits per heavy atom. The van der Waals surface area contributed by atoms with Gasteiger partial charge < -0.3 is 40.5 Å². The summed E-state index contributed by atoms with van der Waals surface area (Å²) in [5.41, 5.74) is -2.95. The molecule has 4 aliphatic rings. The van der Waals surface area contributed by atoms with Crippen molar-refractivity contribution in [1.29, 1.82) is 0 Å². The van der Waals surface area contributed by atoms with E-state index in [-0.39, 0.29) is 17.3 Å². The van der Waals surface area contributed by atoms with Crippen LogP contribution in [0, 0.1) is 22.5 Å². The summed E-state index contributed by atoms with van der Waals surface area (Å²) in [6, 6.07) is 8.22. The average molecular weight is 1090 g/mol. The third kappa shape index (κ3) is 12.4. The standard InChI is InChI=1S/C51H60F8N10O8/c1-48(2,50(54,55)56)42(63-47(75)76-5)44(71)61-39(16-27-6-8-28(9-7-27)29-10-13-41(60-20-29)68-22-32-19-33(68)21-67(32)34-25-77-26-34)40(70)24-66(65-45(72)43(62-46(73)74)49(3,4)51(57,58)59)23-35-36(52)17-30(18-37(35)53)38-14-15-69(64-38)31-11-12-31/h6-10,13-15,17-18,20,31-34,39-40,42-43,62,70H,11-12,16,19,21-26H2,1-5H3,(H,61,71)(H,63,75)(H,65,72)(H,73,74)/t32-,33-,39?,40?,42?,43?/m1/s1. The molecule has 6 atom stereocenters. The van der Waals surface area contributed by atoms with E-state index in [1.165, 1.54) is 11.4 Å². The van der Waals surface area contributed by atoms with E-state index in [2.05, 4.69) is 30.4 Å². The van der Waals surface area contributed by atoms with Crippen LogP contribution >= 0.6 is 0 Å². The Labute approximate surface area is 437 Å². The van der Waals surface area contributed by atoms with Crippen LogP contribution in [0.5, 0.6) is 0 Å². The number of benzene rings is 2. The molecule has 5 heterocycles. The topological polar surface area (TPSA) is 216 Å². The number of ether oxygens (including phenoxy) is 2. The first-order chi connectivity index (χ1) is 36.1. The van der Waals surface area contributed by atoms with Crippen molar-refractivity contribution in [1.82, 2.24) is 46.0 Å². The first-order valence-electron chi connectivity index (χ1n) is 24.8. The first kappa shape index (κ1) is 56.6. The average Bonchev–Trinajstić information content (AvgIpc) is 3.74. The fraction of sp³-hybridized carbons (Fsp3) is 0.529. The number of hydrazine groups is 1. The van der Waals surface area contributed by atoms with Crippen LogP contribution in [0.2, 0.25) is 0 Å². The molecule has 1 aliphatic carbocycles. The fourth-order valence-corrected chi connectivity index (χ4v) is 9.83. The number of alkyl carbamates (subject to hydrolysis) is 1. The molecular formula is C51H60F8N10O8. The van der Waals surface area contributed by atoms with Crippen LogP contribution in [0.1, 0.15) is 64.1 Å². The number of halogens is 8. The summed E-state index contributed by atoms with van der Waals surface area (Å²) in [6.45, 7) is 3.42. The van der Waals surface area contributed by atoms with Gasteiger partial charge in [0.15, 0.2) is 0 Å². The van der Waals surface area contributed by atoms with Crippen molar-refractivity contribution >= 4 is 29.8 Å². The number of carbonyl (C=O) groups excluding carboxylic acids is 3. The van der Waals surface area contributed by atoms with E-state index in [9.17, 15) is 55.7 Å². The molecule has 2 aromatic carbocycles. The van der Waals surface area contributed by atoms with Crippen LogP contribution in [-0.4, -0.2) is 154 Å². The Bertz CT molecular complexity index is 2770. The number of hydrogen-bond donors (Lipinski definition) is 6. The number of aromatic nitrogens is 3. The summed E-state index contributed by atoms with van der Waals surface area (Å²) >= 11 is 0. The summed E-state index contributed by atoms with van der Waals surface area (Å²) in [5, 5.41) is 32.3. The van der Waals surface area contributed by atoms with Crippen molar-refractivity contribution in [3.8, 4) is 22.4 Å². The van der Waals surface area contributed by atoms with E-state index in [1.807, 2.05) is 17.4 Å². The van der Waals surface area contributed by atoms with Gasteiger partial charge in [0.1, 0.15) is 29.5 Å². The number of fused-ring (bicyclic) bond motifs is 2. The Balaban J connectivity index is 1.09. The predicted octanol–water partition coefficient (Wildman–Crippen LogP) is 6.35. The third-order valence-corrected chi connectivity index (χ3v) is 15.1. The van der Waals surface area contributed by atoms with Crippen molar-refractivity contribution < 1.29 is 74.0 Å². The second kappa shape index (κ2) is 22.0. The van der Waals surface area contributed by atoms with Crippen molar-refractivity contribution in [2.24, 2.45) is 10.8 Å². The van der Waals surface area contributed by atoms with Crippen molar-refractivity contribution in [2.45, 2.75) is 121 Å². The smallest absolute Gasteiger partial charge is 0.407 e. The maximum Gasteiger partial charge on any atom is 0.407 e. The summed E-state index contributed by atoms with van der Waals surface area (Å²) in [4.78, 5) is 61.8. The second-order valence-electron chi connectivity index (χ2n) is 21.1. The zero-order valence-corrected chi connectivity index (χ0v) is 42.6. The lowest BCUT2D eigenvalue weighted by molar-refractivity contribution is -0.221. The third-order valence-electron chi connectivity index (χ3n) is 15.1. The minimum Gasteiger partial charge on any atom is -0.465 e. The Morgan fingerprint density at radius 2 is 1.42 bits per heavy atom. The number of alkyl halides is 6. The van der Waals surface area contributed by atoms with Gasteiger partial charge in [-0.3, -0.25) is 24.6 Å². The molecule has 2 aromatic heterocycles. The predicted molar refractivity (Wildman–Crippen MR) is 261 cm³/mol. The molecule has 418 valence electrons. The van der Waals surface area contributed by atoms with E-state index in [0.29, 0.717) is 67.5 Å². The minimum atomic E-state index is -5.23. The molecule has 77 heavy (non-hydrogen) atoms. The van der Waals surface area contributed by atoms with Gasteiger partial charge in [-0.15, -0.1) is 0 Å². The van der Waals surface area contributed by atoms with E-state index < -0.39 is 108 Å². The summed E-state index contributed by atoms with van der Waals surface area (Å²) < 4.78 is 131. The fourth-order valence-electron chi connectivity index (χ4n) is 9.83. The van der Waals surface area contributed by atoms with Crippen LogP contribution in [0.4, 0.5) is 50.5 Å². The molecule has 4 aromatic rings. The number of amides is 4. The van der Waals surface area contributed by atoms with Crippen LogP contribution in [-0.2, 0) is 32.0 Å². The second-order valence-corrected chi connectivity index (χ2v) is 21.1. The Kier molecular flexibility index (Phi) is 16.2. The molecule has 0 radical (unpaired) electrons. The first-order valence-corrected chi connectivity index (χ1v) is 24.8. The van der Waals surface area contributed by atoms with E-state index >= 15 is 8.78 Å². The number of pyridine rings is 1. The lowest BCUT2D eigenvalue weighted by Gasteiger charge is -2.42. The van der Waals surface area contributed by atoms with Crippen molar-refractivity contribution in [2.75, 3.05) is 44.9 Å². The van der Waals surface area contributed by atoms with Crippen LogP contribution < -0.4 is 26.3 Å². The maximum atomic E-state index is 16.1. The SMILES string of the molecule is COC(=O)NC(C(=O)NC(Cc1ccc(-c2ccc(N3C[C@H]4C[C@@H]3CN4C3COC3)nc2)cc1)C(O)CN(Cc1c(F)cc(-c2ccn(C3CC3)n2)cc1F)NC(=O)C(NC(=O)O)C(C)(C)C(F)(F)F)C(C)(C)C(F)(F)F.